The van der Waals surface area contributed by atoms with Gasteiger partial charge in [0, 0.05) is 11.8 Å². The summed E-state index contributed by atoms with van der Waals surface area (Å²) in [5.41, 5.74) is 1.94. The molecule has 0 bridgehead atoms. The van der Waals surface area contributed by atoms with E-state index in [1.54, 1.807) is 26.8 Å². The van der Waals surface area contributed by atoms with Gasteiger partial charge in [-0.2, -0.15) is 0 Å². The van der Waals surface area contributed by atoms with Crippen molar-refractivity contribution in [2.24, 2.45) is 0 Å². The highest BCUT2D eigenvalue weighted by Crippen LogP contribution is 2.19. The molecule has 1 N–H and O–H groups in total. The van der Waals surface area contributed by atoms with Gasteiger partial charge >= 0.3 is 11.9 Å². The van der Waals surface area contributed by atoms with Crippen molar-refractivity contribution in [2.45, 2.75) is 20.8 Å². The van der Waals surface area contributed by atoms with Crippen LogP contribution >= 0.6 is 0 Å². The predicted molar refractivity (Wildman–Crippen MR) is 96.9 cm³/mol. The number of aromatic amines is 1. The number of rotatable bonds is 7. The summed E-state index contributed by atoms with van der Waals surface area (Å²) in [6.45, 7) is 4.70. The maximum Gasteiger partial charge on any atom is 0.340 e. The molecule has 0 saturated heterocycles. The summed E-state index contributed by atoms with van der Waals surface area (Å²) < 4.78 is 23.0. The summed E-state index contributed by atoms with van der Waals surface area (Å²) in [4.78, 5) is 38.8. The first-order chi connectivity index (χ1) is 12.8. The Balaban J connectivity index is 2.00. The zero-order chi connectivity index (χ0) is 20.0. The van der Waals surface area contributed by atoms with Crippen LogP contribution in [0.2, 0.25) is 0 Å². The molecule has 0 spiro atoms. The zero-order valence-corrected chi connectivity index (χ0v) is 15.3. The van der Waals surface area contributed by atoms with Crippen LogP contribution in [0, 0.1) is 19.7 Å². The van der Waals surface area contributed by atoms with E-state index in [0.29, 0.717) is 22.4 Å². The standard InChI is InChI=1S/C20H20FNO5/c1-4-26-20(25)18-12(2)19(22-13(18)3)16(23)11-27-17(24)9-8-14-6-5-7-15(21)10-14/h5-10,22H,4,11H2,1-3H3/b9-8+. The number of nitrogens with one attached hydrogen (secondary N) is 1. The molecular weight excluding hydrogens is 353 g/mol. The molecule has 0 aliphatic rings. The molecule has 7 heteroatoms. The SMILES string of the molecule is CCOC(=O)c1c(C)[nH]c(C(=O)COC(=O)/C=C/c2cccc(F)c2)c1C. The van der Waals surface area contributed by atoms with Crippen molar-refractivity contribution in [3.63, 3.8) is 0 Å². The largest absolute Gasteiger partial charge is 0.462 e. The second-order valence-electron chi connectivity index (χ2n) is 5.76. The Morgan fingerprint density at radius 1 is 1.19 bits per heavy atom. The van der Waals surface area contributed by atoms with Gasteiger partial charge in [0.15, 0.2) is 6.61 Å². The van der Waals surface area contributed by atoms with Crippen molar-refractivity contribution in [3.8, 4) is 0 Å². The monoisotopic (exact) mass is 373 g/mol. The molecule has 0 radical (unpaired) electrons. The zero-order valence-electron chi connectivity index (χ0n) is 15.3. The van der Waals surface area contributed by atoms with Gasteiger partial charge in [0.25, 0.3) is 0 Å². The Morgan fingerprint density at radius 3 is 2.59 bits per heavy atom. The Hall–Kier alpha value is -3.22. The summed E-state index contributed by atoms with van der Waals surface area (Å²) in [5.74, 6) is -2.15. The Labute approximate surface area is 156 Å². The number of ether oxygens (including phenoxy) is 2. The van der Waals surface area contributed by atoms with E-state index in [4.69, 9.17) is 9.47 Å². The van der Waals surface area contributed by atoms with Gasteiger partial charge in [-0.3, -0.25) is 4.79 Å². The van der Waals surface area contributed by atoms with Crippen LogP contribution in [-0.2, 0) is 14.3 Å². The second-order valence-corrected chi connectivity index (χ2v) is 5.76. The average Bonchev–Trinajstić information content (AvgIpc) is 2.92. The van der Waals surface area contributed by atoms with E-state index in [2.05, 4.69) is 4.98 Å². The van der Waals surface area contributed by atoms with Gasteiger partial charge in [0.1, 0.15) is 5.82 Å². The van der Waals surface area contributed by atoms with E-state index in [9.17, 15) is 18.8 Å². The normalized spacial score (nSPS) is 10.8. The number of aryl methyl sites for hydroxylation is 1. The summed E-state index contributed by atoms with van der Waals surface area (Å²) >= 11 is 0. The first kappa shape index (κ1) is 20.1. The lowest BCUT2D eigenvalue weighted by atomic mass is 10.1. The van der Waals surface area contributed by atoms with Gasteiger partial charge in [0.2, 0.25) is 5.78 Å². The number of H-pyrrole nitrogens is 1. The van der Waals surface area contributed by atoms with Crippen molar-refractivity contribution in [1.82, 2.24) is 4.98 Å². The number of hydrogen-bond donors (Lipinski definition) is 1. The van der Waals surface area contributed by atoms with E-state index < -0.39 is 30.1 Å². The van der Waals surface area contributed by atoms with E-state index in [1.165, 1.54) is 24.3 Å². The fourth-order valence-corrected chi connectivity index (χ4v) is 2.57. The molecule has 0 saturated carbocycles. The molecule has 0 aliphatic heterocycles. The molecule has 27 heavy (non-hydrogen) atoms. The van der Waals surface area contributed by atoms with Crippen LogP contribution in [-0.4, -0.2) is 35.9 Å². The van der Waals surface area contributed by atoms with E-state index in [-0.39, 0.29) is 12.3 Å². The van der Waals surface area contributed by atoms with Crippen LogP contribution in [0.3, 0.4) is 0 Å². The fourth-order valence-electron chi connectivity index (χ4n) is 2.57. The van der Waals surface area contributed by atoms with Crippen LogP contribution in [0.5, 0.6) is 0 Å². The minimum Gasteiger partial charge on any atom is -0.462 e. The van der Waals surface area contributed by atoms with Crippen LogP contribution in [0.4, 0.5) is 4.39 Å². The van der Waals surface area contributed by atoms with Crippen molar-refractivity contribution in [3.05, 3.63) is 64.2 Å². The third-order valence-electron chi connectivity index (χ3n) is 3.80. The van der Waals surface area contributed by atoms with Crippen molar-refractivity contribution in [2.75, 3.05) is 13.2 Å². The van der Waals surface area contributed by atoms with Crippen LogP contribution < -0.4 is 0 Å². The van der Waals surface area contributed by atoms with E-state index in [1.807, 2.05) is 0 Å². The molecule has 1 aromatic carbocycles. The molecule has 6 nitrogen and oxygen atoms in total. The minimum absolute atomic E-state index is 0.192. The second kappa shape index (κ2) is 8.93. The minimum atomic E-state index is -0.737. The van der Waals surface area contributed by atoms with Crippen molar-refractivity contribution in [1.29, 1.82) is 0 Å². The van der Waals surface area contributed by atoms with Crippen LogP contribution in [0.1, 0.15) is 44.6 Å². The number of ketones is 1. The van der Waals surface area contributed by atoms with E-state index in [0.717, 1.165) is 6.08 Å². The molecule has 1 heterocycles. The number of carbonyl (C=O) groups excluding carboxylic acids is 3. The average molecular weight is 373 g/mol. The number of carbonyl (C=O) groups is 3. The number of benzene rings is 1. The highest BCUT2D eigenvalue weighted by atomic mass is 19.1. The third-order valence-corrected chi connectivity index (χ3v) is 3.80. The first-order valence-electron chi connectivity index (χ1n) is 8.33. The smallest absolute Gasteiger partial charge is 0.340 e. The third kappa shape index (κ3) is 5.13. The molecule has 0 atom stereocenters. The Bertz CT molecular complexity index is 898. The Morgan fingerprint density at radius 2 is 1.93 bits per heavy atom. The molecule has 2 aromatic rings. The number of Topliss-reactive ketones (excluding diaryl/α,β-unsaturated/α-hetero) is 1. The molecular formula is C20H20FNO5. The summed E-state index contributed by atoms with van der Waals surface area (Å²) in [6, 6.07) is 5.69. The van der Waals surface area contributed by atoms with E-state index >= 15 is 0 Å². The number of esters is 2. The van der Waals surface area contributed by atoms with Crippen LogP contribution in [0.15, 0.2) is 30.3 Å². The summed E-state index contributed by atoms with van der Waals surface area (Å²) in [7, 11) is 0. The lowest BCUT2D eigenvalue weighted by Gasteiger charge is -2.03. The quantitative estimate of drug-likeness (QED) is 0.457. The number of halogens is 1. The van der Waals surface area contributed by atoms with Crippen molar-refractivity contribution >= 4 is 23.8 Å². The molecule has 1 aromatic heterocycles. The molecule has 0 amide bonds. The van der Waals surface area contributed by atoms with Gasteiger partial charge in [-0.05, 0) is 50.1 Å². The fraction of sp³-hybridized carbons (Fsp3) is 0.250. The first-order valence-corrected chi connectivity index (χ1v) is 8.33. The molecule has 0 unspecified atom stereocenters. The molecule has 0 fully saturated rings. The molecule has 142 valence electrons. The van der Waals surface area contributed by atoms with Gasteiger partial charge in [-0.25, -0.2) is 14.0 Å². The maximum absolute atomic E-state index is 13.1. The lowest BCUT2D eigenvalue weighted by Crippen LogP contribution is -2.14. The van der Waals surface area contributed by atoms with Gasteiger partial charge in [0.05, 0.1) is 17.9 Å². The Kier molecular flexibility index (Phi) is 6.65. The molecule has 2 rings (SSSR count). The summed E-state index contributed by atoms with van der Waals surface area (Å²) in [5, 5.41) is 0. The maximum atomic E-state index is 13.1. The highest BCUT2D eigenvalue weighted by Gasteiger charge is 2.23. The van der Waals surface area contributed by atoms with Gasteiger partial charge in [-0.15, -0.1) is 0 Å². The number of hydrogen-bond acceptors (Lipinski definition) is 5. The van der Waals surface area contributed by atoms with Gasteiger partial charge < -0.3 is 14.5 Å². The topological polar surface area (TPSA) is 85.5 Å². The van der Waals surface area contributed by atoms with Crippen molar-refractivity contribution < 1.29 is 28.2 Å². The lowest BCUT2D eigenvalue weighted by molar-refractivity contribution is -0.136. The van der Waals surface area contributed by atoms with Crippen LogP contribution in [0.25, 0.3) is 6.08 Å². The highest BCUT2D eigenvalue weighted by molar-refractivity contribution is 6.03. The van der Waals surface area contributed by atoms with Gasteiger partial charge in [-0.1, -0.05) is 12.1 Å². The summed E-state index contributed by atoms with van der Waals surface area (Å²) in [6.07, 6.45) is 2.50. The number of aromatic nitrogens is 1. The molecule has 0 aliphatic carbocycles. The predicted octanol–water partition coefficient (Wildman–Crippen LogP) is 3.39.